The maximum Gasteiger partial charge on any atom is 0.256 e. The smallest absolute Gasteiger partial charge is 0.256 e. The van der Waals surface area contributed by atoms with E-state index in [1.54, 1.807) is 12.1 Å². The fraction of sp³-hybridized carbons (Fsp3) is 0.370. The Morgan fingerprint density at radius 2 is 1.89 bits per heavy atom. The first-order valence-corrected chi connectivity index (χ1v) is 12.3. The summed E-state index contributed by atoms with van der Waals surface area (Å²) in [6.07, 6.45) is 3.50. The Labute approximate surface area is 208 Å². The van der Waals surface area contributed by atoms with Gasteiger partial charge in [0.05, 0.1) is 29.0 Å². The molecule has 2 N–H and O–H groups in total. The van der Waals surface area contributed by atoms with Gasteiger partial charge >= 0.3 is 0 Å². The molecule has 6 rings (SSSR count). The average Bonchev–Trinajstić information content (AvgIpc) is 3.21. The van der Waals surface area contributed by atoms with Crippen molar-refractivity contribution in [3.63, 3.8) is 0 Å². The molecule has 2 saturated heterocycles. The fourth-order valence-corrected chi connectivity index (χ4v) is 5.49. The number of pyridine rings is 2. The Hall–Kier alpha value is -3.69. The van der Waals surface area contributed by atoms with Crippen LogP contribution in [0, 0.1) is 0 Å². The normalized spacial score (nSPS) is 22.1. The summed E-state index contributed by atoms with van der Waals surface area (Å²) in [6, 6.07) is 13.0. The van der Waals surface area contributed by atoms with Crippen LogP contribution in [-0.2, 0) is 28.3 Å². The number of likely N-dealkylation sites (tertiary alicyclic amines) is 1. The molecule has 0 radical (unpaired) electrons. The number of hydrogen-bond donors (Lipinski definition) is 2. The third-order valence-electron chi connectivity index (χ3n) is 7.59. The number of para-hydroxylation sites is 1. The number of amides is 3. The number of hydrogen-bond acceptors (Lipinski definition) is 7. The van der Waals surface area contributed by atoms with E-state index in [1.165, 1.54) is 4.90 Å². The summed E-state index contributed by atoms with van der Waals surface area (Å²) < 4.78 is 0. The van der Waals surface area contributed by atoms with E-state index in [1.807, 2.05) is 24.4 Å². The van der Waals surface area contributed by atoms with Crippen LogP contribution in [-0.4, -0.2) is 61.7 Å². The molecule has 2 aromatic heterocycles. The summed E-state index contributed by atoms with van der Waals surface area (Å²) >= 11 is 0. The van der Waals surface area contributed by atoms with Crippen LogP contribution in [0.25, 0.3) is 10.9 Å². The molecule has 0 spiro atoms. The molecule has 3 aromatic rings. The average molecular weight is 486 g/mol. The number of aliphatic hydroxyl groups is 1. The lowest BCUT2D eigenvalue weighted by Crippen LogP contribution is -2.52. The first-order valence-electron chi connectivity index (χ1n) is 12.3. The third-order valence-corrected chi connectivity index (χ3v) is 7.59. The lowest BCUT2D eigenvalue weighted by Gasteiger charge is -2.38. The van der Waals surface area contributed by atoms with Crippen LogP contribution < -0.4 is 5.32 Å². The van der Waals surface area contributed by atoms with Gasteiger partial charge in [0.25, 0.3) is 5.91 Å². The zero-order chi connectivity index (χ0) is 24.9. The first-order chi connectivity index (χ1) is 17.4. The molecule has 3 aliphatic rings. The summed E-state index contributed by atoms with van der Waals surface area (Å²) in [4.78, 5) is 49.7. The Bertz CT molecular complexity index is 1380. The number of nitrogens with one attached hydrogen (secondary N) is 1. The predicted molar refractivity (Wildman–Crippen MR) is 130 cm³/mol. The number of imide groups is 1. The second-order valence-electron chi connectivity index (χ2n) is 9.93. The molecule has 0 bridgehead atoms. The number of carbonyl (C=O) groups is 3. The van der Waals surface area contributed by atoms with Gasteiger partial charge in [-0.3, -0.25) is 34.6 Å². The number of carbonyl (C=O) groups excluding carboxylic acids is 3. The minimum absolute atomic E-state index is 0.200. The highest BCUT2D eigenvalue weighted by atomic mass is 16.3. The molecular formula is C27H27N5O4. The van der Waals surface area contributed by atoms with E-state index >= 15 is 0 Å². The molecule has 9 nitrogen and oxygen atoms in total. The van der Waals surface area contributed by atoms with Gasteiger partial charge in [-0.15, -0.1) is 0 Å². The number of benzene rings is 1. The number of nitrogens with zero attached hydrogens (tertiary/aromatic N) is 4. The van der Waals surface area contributed by atoms with Crippen LogP contribution in [0.1, 0.15) is 53.0 Å². The highest BCUT2D eigenvalue weighted by Gasteiger charge is 2.41. The summed E-state index contributed by atoms with van der Waals surface area (Å²) in [6.45, 7) is 2.39. The SMILES string of the molecule is O=C1CCC(N2Cc3nc(C4(O)CCN(Cc5cnc6ccccc6c5)CC4)ccc3C2=O)C(=O)N1. The molecule has 5 heterocycles. The Morgan fingerprint density at radius 3 is 2.69 bits per heavy atom. The number of rotatable bonds is 4. The van der Waals surface area contributed by atoms with Crippen molar-refractivity contribution >= 4 is 28.6 Å². The number of aromatic nitrogens is 2. The van der Waals surface area contributed by atoms with Gasteiger partial charge in [0, 0.05) is 37.6 Å². The van der Waals surface area contributed by atoms with Gasteiger partial charge in [0.2, 0.25) is 11.8 Å². The van der Waals surface area contributed by atoms with Gasteiger partial charge in [-0.2, -0.15) is 0 Å². The van der Waals surface area contributed by atoms with Crippen molar-refractivity contribution in [2.24, 2.45) is 0 Å². The van der Waals surface area contributed by atoms with Gasteiger partial charge in [-0.1, -0.05) is 18.2 Å². The molecule has 3 amide bonds. The van der Waals surface area contributed by atoms with E-state index in [0.717, 1.165) is 23.0 Å². The van der Waals surface area contributed by atoms with E-state index in [9.17, 15) is 19.5 Å². The van der Waals surface area contributed by atoms with Crippen molar-refractivity contribution in [3.05, 3.63) is 71.2 Å². The van der Waals surface area contributed by atoms with E-state index in [0.29, 0.717) is 49.3 Å². The van der Waals surface area contributed by atoms with Crippen LogP contribution >= 0.6 is 0 Å². The molecule has 3 aliphatic heterocycles. The van der Waals surface area contributed by atoms with Crippen LogP contribution in [0.3, 0.4) is 0 Å². The molecule has 9 heteroatoms. The summed E-state index contributed by atoms with van der Waals surface area (Å²) in [5.74, 6) is -1.02. The second-order valence-corrected chi connectivity index (χ2v) is 9.93. The molecule has 184 valence electrons. The van der Waals surface area contributed by atoms with E-state index < -0.39 is 17.6 Å². The minimum atomic E-state index is -1.07. The minimum Gasteiger partial charge on any atom is -0.383 e. The Balaban J connectivity index is 1.13. The number of piperidine rings is 2. The third kappa shape index (κ3) is 4.04. The lowest BCUT2D eigenvalue weighted by molar-refractivity contribution is -0.136. The lowest BCUT2D eigenvalue weighted by atomic mass is 9.87. The Morgan fingerprint density at radius 1 is 1.08 bits per heavy atom. The standard InChI is InChI=1S/C27H27N5O4/c33-24-8-6-22(25(34)30-24)32-16-21-19(26(32)35)5-7-23(29-21)27(36)9-11-31(12-10-27)15-17-13-18-3-1-2-4-20(18)28-14-17/h1-5,7,13-14,22,36H,6,8-12,15-16H2,(H,30,33,34). The topological polar surface area (TPSA) is 116 Å². The zero-order valence-corrected chi connectivity index (χ0v) is 19.8. The molecule has 1 atom stereocenters. The van der Waals surface area contributed by atoms with Crippen molar-refractivity contribution in [1.82, 2.24) is 25.1 Å². The molecule has 2 fully saturated rings. The van der Waals surface area contributed by atoms with Crippen molar-refractivity contribution < 1.29 is 19.5 Å². The van der Waals surface area contributed by atoms with Gasteiger partial charge in [0.1, 0.15) is 11.6 Å². The van der Waals surface area contributed by atoms with Gasteiger partial charge in [0.15, 0.2) is 0 Å². The van der Waals surface area contributed by atoms with Crippen LogP contribution in [0.15, 0.2) is 48.7 Å². The van der Waals surface area contributed by atoms with Gasteiger partial charge in [-0.05, 0) is 49.1 Å². The molecule has 0 saturated carbocycles. The fourth-order valence-electron chi connectivity index (χ4n) is 5.49. The molecule has 36 heavy (non-hydrogen) atoms. The Kier molecular flexibility index (Phi) is 5.54. The summed E-state index contributed by atoms with van der Waals surface area (Å²) in [5, 5.41) is 14.9. The first kappa shape index (κ1) is 22.8. The summed E-state index contributed by atoms with van der Waals surface area (Å²) in [7, 11) is 0. The number of fused-ring (bicyclic) bond motifs is 2. The van der Waals surface area contributed by atoms with E-state index in [4.69, 9.17) is 0 Å². The summed E-state index contributed by atoms with van der Waals surface area (Å²) in [5.41, 5.74) is 2.63. The zero-order valence-electron chi connectivity index (χ0n) is 19.8. The molecular weight excluding hydrogens is 458 g/mol. The van der Waals surface area contributed by atoms with Gasteiger partial charge < -0.3 is 10.0 Å². The van der Waals surface area contributed by atoms with E-state index in [2.05, 4.69) is 32.3 Å². The monoisotopic (exact) mass is 485 g/mol. The van der Waals surface area contributed by atoms with Gasteiger partial charge in [-0.25, -0.2) is 0 Å². The van der Waals surface area contributed by atoms with Crippen molar-refractivity contribution in [2.45, 2.75) is 50.4 Å². The highest BCUT2D eigenvalue weighted by Crippen LogP contribution is 2.35. The highest BCUT2D eigenvalue weighted by molar-refractivity contribution is 6.05. The van der Waals surface area contributed by atoms with Crippen molar-refractivity contribution in [1.29, 1.82) is 0 Å². The maximum absolute atomic E-state index is 12.9. The molecule has 0 aliphatic carbocycles. The van der Waals surface area contributed by atoms with Crippen LogP contribution in [0.4, 0.5) is 0 Å². The van der Waals surface area contributed by atoms with Crippen LogP contribution in [0.5, 0.6) is 0 Å². The predicted octanol–water partition coefficient (Wildman–Crippen LogP) is 1.87. The second kappa shape index (κ2) is 8.76. The quantitative estimate of drug-likeness (QED) is 0.542. The molecule has 1 aromatic carbocycles. The van der Waals surface area contributed by atoms with E-state index in [-0.39, 0.29) is 24.8 Å². The largest absolute Gasteiger partial charge is 0.383 e. The van der Waals surface area contributed by atoms with Crippen molar-refractivity contribution in [3.8, 4) is 0 Å². The maximum atomic E-state index is 12.9. The van der Waals surface area contributed by atoms with Crippen LogP contribution in [0.2, 0.25) is 0 Å². The molecule has 1 unspecified atom stereocenters. The van der Waals surface area contributed by atoms with Crippen molar-refractivity contribution in [2.75, 3.05) is 13.1 Å².